The normalized spacial score (nSPS) is 21.6. The first-order valence-corrected chi connectivity index (χ1v) is 31.7. The van der Waals surface area contributed by atoms with Crippen LogP contribution in [0.15, 0.2) is 137 Å². The number of benzene rings is 4. The highest BCUT2D eigenvalue weighted by atomic mass is 32.7. The molecular weight excluding hydrogens is 1140 g/mol. The van der Waals surface area contributed by atoms with E-state index in [0.717, 1.165) is 16.9 Å². The summed E-state index contributed by atoms with van der Waals surface area (Å²) in [5.74, 6) is 0.841. The van der Waals surface area contributed by atoms with Crippen molar-refractivity contribution in [2.24, 2.45) is 0 Å². The third kappa shape index (κ3) is 15.4. The lowest BCUT2D eigenvalue weighted by Gasteiger charge is -2.37. The van der Waals surface area contributed by atoms with E-state index in [1.54, 1.807) is 57.6 Å². The van der Waals surface area contributed by atoms with E-state index in [4.69, 9.17) is 41.8 Å². The number of amides is 3. The predicted octanol–water partition coefficient (Wildman–Crippen LogP) is 9.39. The molecule has 446 valence electrons. The van der Waals surface area contributed by atoms with Crippen LogP contribution in [-0.4, -0.2) is 120 Å². The van der Waals surface area contributed by atoms with Crippen LogP contribution < -0.4 is 31.4 Å². The fraction of sp³-hybridized carbons (Fsp3) is 0.424. The largest absolute Gasteiger partial charge is 0.497 e. The molecule has 1 aromatic heterocycles. The van der Waals surface area contributed by atoms with Crippen molar-refractivity contribution < 1.29 is 55.9 Å². The molecule has 0 spiro atoms. The number of aromatic nitrogens is 2. The van der Waals surface area contributed by atoms with E-state index in [0.29, 0.717) is 28.2 Å². The Kier molecular flexibility index (Phi) is 22.2. The molecule has 3 aliphatic heterocycles. The average Bonchev–Trinajstić information content (AvgIpc) is 2.20. The van der Waals surface area contributed by atoms with Crippen LogP contribution in [0.3, 0.4) is 0 Å². The molecule has 3 unspecified atom stereocenters. The van der Waals surface area contributed by atoms with Gasteiger partial charge in [-0.2, -0.15) is 10.5 Å². The molecule has 3 aliphatic rings. The Morgan fingerprint density at radius 1 is 0.821 bits per heavy atom. The van der Waals surface area contributed by atoms with E-state index in [-0.39, 0.29) is 62.3 Å². The number of ether oxygens (including phenoxy) is 5. The molecule has 2 fully saturated rings. The molecule has 8 rings (SSSR count). The number of H-pyrrole nitrogens is 1. The maximum absolute atomic E-state index is 15.7. The highest BCUT2D eigenvalue weighted by Gasteiger charge is 2.49. The number of aryl methyl sites for hydroxylation is 1. The van der Waals surface area contributed by atoms with Crippen LogP contribution in [0.1, 0.15) is 92.2 Å². The fourth-order valence-electron chi connectivity index (χ4n) is 10.0. The topological polar surface area (TPSA) is 267 Å². The Morgan fingerprint density at radius 3 is 2.00 bits per heavy atom. The first kappa shape index (κ1) is 63.3. The minimum Gasteiger partial charge on any atom is -0.497 e. The minimum atomic E-state index is -4.43. The van der Waals surface area contributed by atoms with Crippen LogP contribution in [0.2, 0.25) is 0 Å². The van der Waals surface area contributed by atoms with E-state index < -0.39 is 93.8 Å². The quantitative estimate of drug-likeness (QED) is 0.0239. The molecule has 0 aliphatic carbocycles. The number of nitrogens with zero attached hydrogens (tertiary/aromatic N) is 5. The summed E-state index contributed by atoms with van der Waals surface area (Å²) in [6.45, 7) is 4.49. The lowest BCUT2D eigenvalue weighted by molar-refractivity contribution is -0.0929. The lowest BCUT2D eigenvalue weighted by atomic mass is 9.80. The predicted molar refractivity (Wildman–Crippen MR) is 315 cm³/mol. The zero-order valence-electron chi connectivity index (χ0n) is 47.7. The number of rotatable bonds is 28. The number of carbonyl (C=O) groups is 2. The SMILES string of the molecule is COc1ccc(C(OC[C@H]2O[C@@H](n3cc(C)c(=O)[nH]c3=O)C[C@@H]2OP(=O)(OC[C@H]2O[C@@H](N3C=CC(NC(=O)c4ccccc4)NC3=O)C[C@@H]2OP(OCCC#N)N(C(C)C)C(C)C)SCCC#N)(c2ccccc2)c2ccc(OC)cc2)cc1. The second-order valence-electron chi connectivity index (χ2n) is 20.4. The van der Waals surface area contributed by atoms with E-state index in [1.807, 2.05) is 111 Å². The van der Waals surface area contributed by atoms with Gasteiger partial charge in [-0.1, -0.05) is 72.8 Å². The van der Waals surface area contributed by atoms with Crippen molar-refractivity contribution in [3.8, 4) is 23.6 Å². The molecule has 22 nitrogen and oxygen atoms in total. The summed E-state index contributed by atoms with van der Waals surface area (Å²) in [4.78, 5) is 56.9. The van der Waals surface area contributed by atoms with Crippen molar-refractivity contribution in [2.45, 2.75) is 121 Å². The zero-order valence-corrected chi connectivity index (χ0v) is 50.3. The third-order valence-corrected chi connectivity index (χ3v) is 20.0. The molecule has 25 heteroatoms. The van der Waals surface area contributed by atoms with Gasteiger partial charge in [-0.25, -0.2) is 18.8 Å². The monoisotopic (exact) mass is 1210 g/mol. The lowest BCUT2D eigenvalue weighted by Crippen LogP contribution is -2.55. The second kappa shape index (κ2) is 29.4. The molecule has 0 bridgehead atoms. The molecule has 3 N–H and O–H groups in total. The van der Waals surface area contributed by atoms with Gasteiger partial charge in [0.15, 0.2) is 0 Å². The summed E-state index contributed by atoms with van der Waals surface area (Å²) in [7, 11) is 1.27. The molecule has 5 aromatic rings. The maximum atomic E-state index is 15.7. The van der Waals surface area contributed by atoms with Crippen LogP contribution in [0, 0.1) is 29.6 Å². The van der Waals surface area contributed by atoms with Crippen LogP contribution in [0.25, 0.3) is 0 Å². The number of methoxy groups -OCH3 is 2. The van der Waals surface area contributed by atoms with Gasteiger partial charge >= 0.3 is 18.5 Å². The van der Waals surface area contributed by atoms with E-state index in [9.17, 15) is 29.7 Å². The molecular formula is C59H70N8O14P2S. The Morgan fingerprint density at radius 2 is 1.40 bits per heavy atom. The van der Waals surface area contributed by atoms with Gasteiger partial charge < -0.3 is 43.4 Å². The van der Waals surface area contributed by atoms with Crippen LogP contribution in [0.4, 0.5) is 4.79 Å². The first-order chi connectivity index (χ1) is 40.5. The third-order valence-electron chi connectivity index (χ3n) is 14.1. The van der Waals surface area contributed by atoms with Crippen molar-refractivity contribution in [3.63, 3.8) is 0 Å². The number of nitrogens with one attached hydrogen (secondary N) is 3. The Balaban J connectivity index is 1.13. The summed E-state index contributed by atoms with van der Waals surface area (Å²) in [5, 5.41) is 24.8. The summed E-state index contributed by atoms with van der Waals surface area (Å²) < 4.78 is 77.1. The molecule has 9 atom stereocenters. The summed E-state index contributed by atoms with van der Waals surface area (Å²) in [6.07, 6.45) is -2.50. The fourth-order valence-corrected chi connectivity index (χ4v) is 15.1. The zero-order chi connectivity index (χ0) is 60.0. The molecule has 4 aromatic carbocycles. The van der Waals surface area contributed by atoms with Gasteiger partial charge in [-0.3, -0.25) is 33.1 Å². The average molecular weight is 1210 g/mol. The van der Waals surface area contributed by atoms with E-state index >= 15 is 4.57 Å². The number of hydrogen-bond acceptors (Lipinski definition) is 18. The van der Waals surface area contributed by atoms with Gasteiger partial charge in [0.25, 0.3) is 20.0 Å². The van der Waals surface area contributed by atoms with Crippen molar-refractivity contribution >= 4 is 38.6 Å². The molecule has 4 heterocycles. The number of carbonyl (C=O) groups excluding carboxylic acids is 2. The Bertz CT molecular complexity index is 3240. The highest BCUT2D eigenvalue weighted by molar-refractivity contribution is 8.55. The van der Waals surface area contributed by atoms with Gasteiger partial charge in [-0.05, 0) is 105 Å². The molecule has 84 heavy (non-hydrogen) atoms. The number of nitriles is 2. The molecule has 0 saturated carbocycles. The maximum Gasteiger partial charge on any atom is 0.389 e. The van der Waals surface area contributed by atoms with Crippen molar-refractivity contribution in [1.82, 2.24) is 29.8 Å². The smallest absolute Gasteiger partial charge is 0.389 e. The first-order valence-electron chi connectivity index (χ1n) is 27.4. The van der Waals surface area contributed by atoms with Crippen molar-refractivity contribution in [2.75, 3.05) is 39.8 Å². The molecule has 0 radical (unpaired) electrons. The van der Waals surface area contributed by atoms with Crippen LogP contribution >= 0.6 is 26.7 Å². The molecule has 3 amide bonds. The van der Waals surface area contributed by atoms with E-state index in [1.165, 1.54) is 21.9 Å². The van der Waals surface area contributed by atoms with Gasteiger partial charge in [0.1, 0.15) is 54.0 Å². The minimum absolute atomic E-state index is 0.0150. The standard InChI is InChI=1S/C59H70N8O14P2S/c1-39(2)67(40(3)4)82(76-32-14-29-60)80-48-34-53(65-31-28-52(63-57(65)70)62-56(69)42-16-10-8-11-17-42)79-51(48)38-77-83(72,84-33-15-30-61)81-49-35-54(66-36-41(5)55(68)64-58(66)71)78-50(49)37-75-59(43-18-12-9-13-19-43,44-20-24-46(73-6)25-21-44)45-22-26-47(74-7)27-23-45/h8-13,16-28,31,36,39-40,48-54H,14-15,32-35,37-38H2,1-7H3,(H,62,69)(H,63,70)(H,64,68,71)/t48-,49-,50+,51+,52?,53+,54+,82?,83?/m0/s1. The molecule has 2 saturated heterocycles. The van der Waals surface area contributed by atoms with Gasteiger partial charge in [0.2, 0.25) is 0 Å². The Labute approximate surface area is 493 Å². The van der Waals surface area contributed by atoms with Gasteiger partial charge in [0, 0.05) is 60.6 Å². The van der Waals surface area contributed by atoms with E-state index in [2.05, 4.69) is 27.8 Å². The van der Waals surface area contributed by atoms with Crippen LogP contribution in [0.5, 0.6) is 11.5 Å². The van der Waals surface area contributed by atoms with Crippen LogP contribution in [-0.2, 0) is 42.5 Å². The number of hydrogen-bond donors (Lipinski definition) is 3. The van der Waals surface area contributed by atoms with Gasteiger partial charge in [0.05, 0.1) is 58.7 Å². The second-order valence-corrected chi connectivity index (χ2v) is 25.9. The summed E-state index contributed by atoms with van der Waals surface area (Å²) in [6, 6.07) is 36.5. The summed E-state index contributed by atoms with van der Waals surface area (Å²) >= 11 is 0.797. The number of urea groups is 1. The van der Waals surface area contributed by atoms with Crippen molar-refractivity contribution in [1.29, 1.82) is 10.5 Å². The summed E-state index contributed by atoms with van der Waals surface area (Å²) in [5.41, 5.74) is 0.138. The highest BCUT2D eigenvalue weighted by Crippen LogP contribution is 2.63. The van der Waals surface area contributed by atoms with Crippen molar-refractivity contribution in [3.05, 3.63) is 176 Å². The van der Waals surface area contributed by atoms with Gasteiger partial charge in [-0.15, -0.1) is 0 Å². The number of aromatic amines is 1. The Hall–Kier alpha value is -6.69.